The minimum atomic E-state index is -2.18. The third-order valence-electron chi connectivity index (χ3n) is 14.3. The predicted molar refractivity (Wildman–Crippen MR) is 245 cm³/mol. The summed E-state index contributed by atoms with van der Waals surface area (Å²) in [4.78, 5) is 64.2. The van der Waals surface area contributed by atoms with Crippen molar-refractivity contribution in [1.82, 2.24) is 24.6 Å². The number of nitrogens with one attached hydrogen (secondary N) is 1. The number of ether oxygens (including phenoxy) is 4. The summed E-state index contributed by atoms with van der Waals surface area (Å²) in [6.45, 7) is 18.6. The molecule has 4 fully saturated rings. The highest BCUT2D eigenvalue weighted by Crippen LogP contribution is 2.69. The summed E-state index contributed by atoms with van der Waals surface area (Å²) in [5.41, 5.74) is 0.481. The van der Waals surface area contributed by atoms with Crippen LogP contribution >= 0.6 is 0 Å². The van der Waals surface area contributed by atoms with Crippen molar-refractivity contribution in [3.05, 3.63) is 69.6 Å². The molecule has 2 N–H and O–H groups in total. The molecular weight excluding hydrogens is 829 g/mol. The lowest BCUT2D eigenvalue weighted by atomic mass is 9.46. The number of anilines is 1. The Balaban J connectivity index is 1.37. The van der Waals surface area contributed by atoms with Crippen molar-refractivity contribution < 1.29 is 43.2 Å². The van der Waals surface area contributed by atoms with E-state index in [0.29, 0.717) is 77.8 Å². The molecule has 6 unspecified atom stereocenters. The van der Waals surface area contributed by atoms with Gasteiger partial charge in [0.1, 0.15) is 23.4 Å². The van der Waals surface area contributed by atoms with E-state index in [1.807, 2.05) is 40.0 Å². The first-order valence-electron chi connectivity index (χ1n) is 23.0. The first-order valence-corrected chi connectivity index (χ1v) is 23.0. The third-order valence-corrected chi connectivity index (χ3v) is 14.3. The molecule has 1 aromatic carbocycles. The number of piperazine rings is 1. The molecule has 5 heterocycles. The summed E-state index contributed by atoms with van der Waals surface area (Å²) in [7, 11) is 3.31. The van der Waals surface area contributed by atoms with Crippen LogP contribution in [0.15, 0.2) is 52.9 Å². The topological polar surface area (TPSA) is 175 Å². The number of esters is 2. The molecule has 65 heavy (non-hydrogen) atoms. The van der Waals surface area contributed by atoms with Crippen LogP contribution in [0.5, 0.6) is 17.2 Å². The summed E-state index contributed by atoms with van der Waals surface area (Å²) < 4.78 is 28.0. The van der Waals surface area contributed by atoms with Crippen molar-refractivity contribution in [1.29, 1.82) is 0 Å². The van der Waals surface area contributed by atoms with E-state index >= 15 is 4.79 Å². The fourth-order valence-corrected chi connectivity index (χ4v) is 10.8. The standard InChI is InChI=1S/C50H64N6O9/c1-28(2)12-11-19-48(8)20-18-33-42(64-48)32(14-13-29(3)4)44-38(43(33)63-37(58)16-15-36(57)55-24-22-54(9)23-25-55)40-39-41(56-47(53-40)51-27-52-56)34-26-35(30(5)6)50(39,65-44)49(61,45(34)59)21-17-31(7)46(60)62-10/h12-13,17-18,20,27,30,34-35,41,61H,11,14-16,19,21-26H2,1-10H3,(H,51,52,53)/b31-17-. The van der Waals surface area contributed by atoms with Gasteiger partial charge in [0, 0.05) is 67.6 Å². The summed E-state index contributed by atoms with van der Waals surface area (Å²) in [6, 6.07) is -0.711. The molecule has 1 aromatic heterocycles. The van der Waals surface area contributed by atoms with Crippen LogP contribution in [0.25, 0.3) is 11.8 Å². The zero-order valence-corrected chi connectivity index (χ0v) is 39.5. The molecule has 4 aliphatic heterocycles. The fraction of sp³-hybridized carbons (Fsp3) is 0.560. The Morgan fingerprint density at radius 2 is 1.74 bits per heavy atom. The van der Waals surface area contributed by atoms with E-state index in [0.717, 1.165) is 25.1 Å². The molecule has 1 amide bonds. The summed E-state index contributed by atoms with van der Waals surface area (Å²) in [5, 5.41) is 21.7. The van der Waals surface area contributed by atoms with Gasteiger partial charge in [0.25, 0.3) is 0 Å². The van der Waals surface area contributed by atoms with Crippen molar-refractivity contribution in [2.24, 2.45) is 17.8 Å². The van der Waals surface area contributed by atoms with Gasteiger partial charge in [0.2, 0.25) is 11.9 Å². The summed E-state index contributed by atoms with van der Waals surface area (Å²) in [6.07, 6.45) is 12.9. The largest absolute Gasteiger partial charge is 0.482 e. The van der Waals surface area contributed by atoms with Gasteiger partial charge >= 0.3 is 11.9 Å². The Bertz CT molecular complexity index is 2460. The van der Waals surface area contributed by atoms with Crippen molar-refractivity contribution in [3.63, 3.8) is 0 Å². The molecule has 15 heteroatoms. The maximum atomic E-state index is 15.2. The lowest BCUT2D eigenvalue weighted by Gasteiger charge is -2.65. The van der Waals surface area contributed by atoms with Gasteiger partial charge in [0.15, 0.2) is 22.7 Å². The molecule has 2 bridgehead atoms. The van der Waals surface area contributed by atoms with Gasteiger partial charge in [-0.15, -0.1) is 0 Å². The van der Waals surface area contributed by atoms with Crippen LogP contribution in [-0.2, 0) is 30.3 Å². The average Bonchev–Trinajstić information content (AvgIpc) is 3.74. The minimum Gasteiger partial charge on any atom is -0.482 e. The quantitative estimate of drug-likeness (QED) is 0.0933. The Morgan fingerprint density at radius 1 is 1.02 bits per heavy atom. The highest BCUT2D eigenvalue weighted by molar-refractivity contribution is 6.02. The molecule has 7 aliphatic rings. The van der Waals surface area contributed by atoms with E-state index in [9.17, 15) is 19.5 Å². The van der Waals surface area contributed by atoms with Crippen molar-refractivity contribution in [3.8, 4) is 17.2 Å². The molecule has 2 aromatic rings. The van der Waals surface area contributed by atoms with Gasteiger partial charge in [-0.3, -0.25) is 14.4 Å². The molecule has 1 spiro atoms. The first kappa shape index (κ1) is 46.0. The number of fused-ring (bicyclic) bond motifs is 6. The molecule has 6 atom stereocenters. The van der Waals surface area contributed by atoms with Crippen molar-refractivity contribution >= 4 is 41.4 Å². The maximum absolute atomic E-state index is 15.2. The molecule has 1 saturated heterocycles. The highest BCUT2D eigenvalue weighted by atomic mass is 16.6. The number of nitrogens with zero attached hydrogens (tertiary/aromatic N) is 5. The summed E-state index contributed by atoms with van der Waals surface area (Å²) in [5.74, 6) is -1.71. The second kappa shape index (κ2) is 17.4. The van der Waals surface area contributed by atoms with E-state index in [4.69, 9.17) is 18.9 Å². The first-order chi connectivity index (χ1) is 30.8. The SMILES string of the molecule is COC(=O)/C(C)=C\CC1(O)C(=O)C2CC(C(C)C)C13Oc1c(CC=C(C)C)c4c(c(OC(=O)CCC(=O)N5CCN(C)CC5)c1C1=C3C2n2ncnc2N1)C=CC(C)(CCC=C(C)C)O4. The Labute approximate surface area is 381 Å². The lowest BCUT2D eigenvalue weighted by molar-refractivity contribution is -0.210. The monoisotopic (exact) mass is 892 g/mol. The highest BCUT2D eigenvalue weighted by Gasteiger charge is 2.77. The molecule has 3 saturated carbocycles. The third kappa shape index (κ3) is 7.81. The van der Waals surface area contributed by atoms with Gasteiger partial charge in [-0.25, -0.2) is 9.48 Å². The number of amides is 1. The van der Waals surface area contributed by atoms with Crippen molar-refractivity contribution in [2.75, 3.05) is 45.7 Å². The number of hydrogen-bond acceptors (Lipinski definition) is 13. The predicted octanol–water partition coefficient (Wildman–Crippen LogP) is 6.78. The number of ketones is 1. The van der Waals surface area contributed by atoms with Gasteiger partial charge in [-0.05, 0) is 92.3 Å². The molecule has 0 radical (unpaired) electrons. The number of Topliss-reactive ketones (excluding diaryl/α,β-unsaturated/α-hetero) is 1. The Kier molecular flexibility index (Phi) is 12.3. The number of hydrogen-bond donors (Lipinski definition) is 2. The normalized spacial score (nSPS) is 27.4. The van der Waals surface area contributed by atoms with Crippen molar-refractivity contribution in [2.45, 2.75) is 123 Å². The van der Waals surface area contributed by atoms with Crippen LogP contribution in [-0.4, -0.2) is 110 Å². The second-order valence-corrected chi connectivity index (χ2v) is 19.7. The van der Waals surface area contributed by atoms with Crippen LogP contribution in [0.3, 0.4) is 0 Å². The van der Waals surface area contributed by atoms with E-state index in [1.165, 1.54) is 19.0 Å². The number of aromatic nitrogens is 3. The molecule has 15 nitrogen and oxygen atoms in total. The Morgan fingerprint density at radius 3 is 2.42 bits per heavy atom. The number of carbonyl (C=O) groups is 4. The molecular formula is C50H64N6O9. The zero-order chi connectivity index (χ0) is 46.7. The van der Waals surface area contributed by atoms with Gasteiger partial charge < -0.3 is 39.2 Å². The smallest absolute Gasteiger partial charge is 0.333 e. The maximum Gasteiger partial charge on any atom is 0.333 e. The number of carbonyl (C=O) groups excluding carboxylic acids is 4. The van der Waals surface area contributed by atoms with E-state index in [1.54, 1.807) is 22.6 Å². The number of methoxy groups -OCH3 is 1. The van der Waals surface area contributed by atoms with Gasteiger partial charge in [0.05, 0.1) is 36.4 Å². The lowest BCUT2D eigenvalue weighted by Crippen LogP contribution is -2.78. The van der Waals surface area contributed by atoms with Gasteiger partial charge in [-0.2, -0.15) is 10.1 Å². The number of aliphatic hydroxyl groups is 1. The van der Waals surface area contributed by atoms with E-state index in [2.05, 4.69) is 60.1 Å². The minimum absolute atomic E-state index is 0.0251. The van der Waals surface area contributed by atoms with E-state index in [-0.39, 0.29) is 42.4 Å². The molecule has 3 aliphatic carbocycles. The average molecular weight is 893 g/mol. The second-order valence-electron chi connectivity index (χ2n) is 19.7. The molecule has 9 rings (SSSR count). The number of likely N-dealkylation sites (N-methyl/N-ethyl adjacent to an activating group) is 1. The van der Waals surface area contributed by atoms with Crippen LogP contribution in [0.2, 0.25) is 0 Å². The van der Waals surface area contributed by atoms with Gasteiger partial charge in [-0.1, -0.05) is 43.2 Å². The number of rotatable bonds is 13. The van der Waals surface area contributed by atoms with Crippen LogP contribution in [0.4, 0.5) is 5.95 Å². The number of benzene rings is 1. The fourth-order valence-electron chi connectivity index (χ4n) is 10.8. The Hall–Kier alpha value is -5.54. The van der Waals surface area contributed by atoms with Crippen LogP contribution in [0.1, 0.15) is 117 Å². The summed E-state index contributed by atoms with van der Waals surface area (Å²) >= 11 is 0. The molecule has 348 valence electrons. The van der Waals surface area contributed by atoms with Crippen LogP contribution < -0.4 is 19.5 Å². The van der Waals surface area contributed by atoms with E-state index < -0.39 is 52.4 Å². The zero-order valence-electron chi connectivity index (χ0n) is 39.5. The number of allylic oxidation sites excluding steroid dienone is 4. The van der Waals surface area contributed by atoms with Crippen LogP contribution in [0, 0.1) is 17.8 Å².